The molecule has 0 unspecified atom stereocenters. The number of rotatable bonds is 9. The van der Waals surface area contributed by atoms with Gasteiger partial charge in [0.1, 0.15) is 11.6 Å². The Morgan fingerprint density at radius 2 is 1.81 bits per heavy atom. The van der Waals surface area contributed by atoms with Crippen molar-refractivity contribution in [1.29, 1.82) is 0 Å². The first-order chi connectivity index (χ1) is 13.1. The zero-order valence-corrected chi connectivity index (χ0v) is 16.2. The molecule has 0 aliphatic rings. The molecule has 0 heterocycles. The van der Waals surface area contributed by atoms with Crippen molar-refractivity contribution < 1.29 is 13.9 Å². The van der Waals surface area contributed by atoms with Crippen molar-refractivity contribution in [2.24, 2.45) is 4.99 Å². The molecule has 0 radical (unpaired) electrons. The summed E-state index contributed by atoms with van der Waals surface area (Å²) in [5, 5.41) is 6.41. The number of methoxy groups -OCH3 is 1. The van der Waals surface area contributed by atoms with Gasteiger partial charge in [-0.15, -0.1) is 0 Å². The van der Waals surface area contributed by atoms with E-state index in [1.165, 1.54) is 0 Å². The number of benzene rings is 2. The first kappa shape index (κ1) is 20.7. The van der Waals surface area contributed by atoms with Crippen LogP contribution in [0.1, 0.15) is 23.1 Å². The quantitative estimate of drug-likeness (QED) is 0.402. The van der Waals surface area contributed by atoms with E-state index in [1.54, 1.807) is 33.2 Å². The Morgan fingerprint density at radius 1 is 1.07 bits per heavy atom. The molecule has 0 amide bonds. The third-order valence-electron chi connectivity index (χ3n) is 4.11. The Hall–Kier alpha value is -2.60. The average molecular weight is 373 g/mol. The number of hydrogen-bond acceptors (Lipinski definition) is 3. The molecule has 0 spiro atoms. The summed E-state index contributed by atoms with van der Waals surface area (Å²) in [5.74, 6) is 1.34. The highest BCUT2D eigenvalue weighted by Gasteiger charge is 2.02. The van der Waals surface area contributed by atoms with E-state index in [9.17, 15) is 4.39 Å². The average Bonchev–Trinajstić information content (AvgIpc) is 2.69. The van der Waals surface area contributed by atoms with Gasteiger partial charge < -0.3 is 20.1 Å². The molecule has 2 aromatic carbocycles. The molecule has 0 fully saturated rings. The maximum Gasteiger partial charge on any atom is 0.191 e. The fourth-order valence-electron chi connectivity index (χ4n) is 2.45. The van der Waals surface area contributed by atoms with E-state index in [1.807, 2.05) is 30.3 Å². The fraction of sp³-hybridized carbons (Fsp3) is 0.381. The van der Waals surface area contributed by atoms with Gasteiger partial charge in [0, 0.05) is 26.7 Å². The highest BCUT2D eigenvalue weighted by Crippen LogP contribution is 2.12. The molecule has 0 saturated heterocycles. The molecule has 0 aromatic heterocycles. The molecule has 2 rings (SSSR count). The maximum absolute atomic E-state index is 13.6. The van der Waals surface area contributed by atoms with Crippen LogP contribution >= 0.6 is 0 Å². The van der Waals surface area contributed by atoms with Gasteiger partial charge in [0.15, 0.2) is 5.96 Å². The lowest BCUT2D eigenvalue weighted by molar-refractivity contribution is 0.119. The Balaban J connectivity index is 1.60. The summed E-state index contributed by atoms with van der Waals surface area (Å²) in [7, 11) is 3.37. The minimum Gasteiger partial charge on any atom is -0.497 e. The van der Waals surface area contributed by atoms with Crippen LogP contribution in [0.25, 0.3) is 0 Å². The Labute approximate surface area is 160 Å². The molecule has 2 aromatic rings. The van der Waals surface area contributed by atoms with E-state index in [0.29, 0.717) is 31.3 Å². The second-order valence-corrected chi connectivity index (χ2v) is 6.19. The van der Waals surface area contributed by atoms with Gasteiger partial charge in [-0.3, -0.25) is 4.99 Å². The summed E-state index contributed by atoms with van der Waals surface area (Å²) >= 11 is 0. The molecule has 0 bridgehead atoms. The summed E-state index contributed by atoms with van der Waals surface area (Å²) in [6.45, 7) is 4.24. The second kappa shape index (κ2) is 11.2. The van der Waals surface area contributed by atoms with Crippen LogP contribution in [0.3, 0.4) is 0 Å². The summed E-state index contributed by atoms with van der Waals surface area (Å²) < 4.78 is 24.4. The number of guanidine groups is 1. The van der Waals surface area contributed by atoms with E-state index in [0.717, 1.165) is 29.8 Å². The van der Waals surface area contributed by atoms with E-state index in [2.05, 4.69) is 15.6 Å². The minimum atomic E-state index is -0.189. The van der Waals surface area contributed by atoms with Gasteiger partial charge in [0.25, 0.3) is 0 Å². The molecule has 0 saturated carbocycles. The third-order valence-corrected chi connectivity index (χ3v) is 4.11. The van der Waals surface area contributed by atoms with Crippen molar-refractivity contribution in [2.45, 2.75) is 26.5 Å². The molecule has 6 heteroatoms. The van der Waals surface area contributed by atoms with Gasteiger partial charge in [0.05, 0.1) is 13.7 Å². The molecule has 27 heavy (non-hydrogen) atoms. The summed E-state index contributed by atoms with van der Waals surface area (Å²) in [5.41, 5.74) is 2.64. The second-order valence-electron chi connectivity index (χ2n) is 6.19. The monoisotopic (exact) mass is 373 g/mol. The lowest BCUT2D eigenvalue weighted by Gasteiger charge is -2.12. The Kier molecular flexibility index (Phi) is 8.58. The fourth-order valence-corrected chi connectivity index (χ4v) is 2.45. The van der Waals surface area contributed by atoms with Gasteiger partial charge in [-0.05, 0) is 48.2 Å². The van der Waals surface area contributed by atoms with Crippen LogP contribution in [-0.4, -0.2) is 33.3 Å². The Morgan fingerprint density at radius 3 is 2.48 bits per heavy atom. The van der Waals surface area contributed by atoms with Crippen molar-refractivity contribution in [3.05, 3.63) is 65.0 Å². The lowest BCUT2D eigenvalue weighted by Crippen LogP contribution is -2.37. The predicted molar refractivity (Wildman–Crippen MR) is 107 cm³/mol. The highest BCUT2D eigenvalue weighted by atomic mass is 19.1. The van der Waals surface area contributed by atoms with Crippen LogP contribution in [0, 0.1) is 12.7 Å². The number of aliphatic imine (C=N–C) groups is 1. The predicted octanol–water partition coefficient (Wildman–Crippen LogP) is 3.41. The lowest BCUT2D eigenvalue weighted by atomic mass is 10.1. The first-order valence-electron chi connectivity index (χ1n) is 9.02. The van der Waals surface area contributed by atoms with Gasteiger partial charge in [0.2, 0.25) is 0 Å². The van der Waals surface area contributed by atoms with Gasteiger partial charge in [-0.2, -0.15) is 0 Å². The van der Waals surface area contributed by atoms with Crippen LogP contribution in [0.4, 0.5) is 4.39 Å². The maximum atomic E-state index is 13.6. The number of nitrogens with one attached hydrogen (secondary N) is 2. The third kappa shape index (κ3) is 7.27. The summed E-state index contributed by atoms with van der Waals surface area (Å²) in [6, 6.07) is 13.1. The number of aryl methyl sites for hydroxylation is 1. The molecular formula is C21H28FN3O2. The zero-order chi connectivity index (χ0) is 19.5. The highest BCUT2D eigenvalue weighted by molar-refractivity contribution is 5.79. The smallest absolute Gasteiger partial charge is 0.191 e. The van der Waals surface area contributed by atoms with E-state index in [4.69, 9.17) is 9.47 Å². The van der Waals surface area contributed by atoms with Gasteiger partial charge in [-0.1, -0.05) is 24.3 Å². The van der Waals surface area contributed by atoms with Crippen molar-refractivity contribution in [3.63, 3.8) is 0 Å². The van der Waals surface area contributed by atoms with Crippen LogP contribution in [0.2, 0.25) is 0 Å². The van der Waals surface area contributed by atoms with Crippen molar-refractivity contribution >= 4 is 5.96 Å². The largest absolute Gasteiger partial charge is 0.497 e. The van der Waals surface area contributed by atoms with E-state index >= 15 is 0 Å². The number of halogens is 1. The van der Waals surface area contributed by atoms with Crippen molar-refractivity contribution in [2.75, 3.05) is 27.3 Å². The van der Waals surface area contributed by atoms with E-state index in [-0.39, 0.29) is 5.82 Å². The van der Waals surface area contributed by atoms with Crippen molar-refractivity contribution in [3.8, 4) is 5.75 Å². The van der Waals surface area contributed by atoms with Crippen LogP contribution in [0.5, 0.6) is 5.75 Å². The summed E-state index contributed by atoms with van der Waals surface area (Å²) in [4.78, 5) is 4.17. The molecule has 2 N–H and O–H groups in total. The topological polar surface area (TPSA) is 54.9 Å². The molecule has 0 atom stereocenters. The number of ether oxygens (including phenoxy) is 2. The minimum absolute atomic E-state index is 0.189. The van der Waals surface area contributed by atoms with Crippen LogP contribution in [-0.2, 0) is 17.9 Å². The number of nitrogens with zero attached hydrogens (tertiary/aromatic N) is 1. The Bertz CT molecular complexity index is 733. The molecule has 0 aliphatic heterocycles. The molecule has 0 aliphatic carbocycles. The standard InChI is InChI=1S/C21H28FN3O2/c1-16-5-6-18(13-20(16)22)14-25-21(23-2)24-11-4-12-27-15-17-7-9-19(26-3)10-8-17/h5-10,13H,4,11-12,14-15H2,1-3H3,(H2,23,24,25). The van der Waals surface area contributed by atoms with Crippen molar-refractivity contribution in [1.82, 2.24) is 10.6 Å². The van der Waals surface area contributed by atoms with Crippen LogP contribution in [0.15, 0.2) is 47.5 Å². The zero-order valence-electron chi connectivity index (χ0n) is 16.2. The van der Waals surface area contributed by atoms with Gasteiger partial charge in [-0.25, -0.2) is 4.39 Å². The summed E-state index contributed by atoms with van der Waals surface area (Å²) in [6.07, 6.45) is 0.857. The SMILES string of the molecule is CN=C(NCCCOCc1ccc(OC)cc1)NCc1ccc(C)c(F)c1. The first-order valence-corrected chi connectivity index (χ1v) is 9.02. The van der Waals surface area contributed by atoms with Gasteiger partial charge >= 0.3 is 0 Å². The molecule has 146 valence electrons. The normalized spacial score (nSPS) is 11.3. The number of hydrogen-bond donors (Lipinski definition) is 2. The molecule has 5 nitrogen and oxygen atoms in total. The molecular weight excluding hydrogens is 345 g/mol. The van der Waals surface area contributed by atoms with E-state index < -0.39 is 0 Å². The van der Waals surface area contributed by atoms with Crippen LogP contribution < -0.4 is 15.4 Å².